The Bertz CT molecular complexity index is 982. The molecule has 1 aliphatic rings. The Morgan fingerprint density at radius 2 is 1.79 bits per heavy atom. The number of nitrogens with zero attached hydrogens (tertiary/aromatic N) is 3. The van der Waals surface area contributed by atoms with E-state index >= 15 is 0 Å². The first kappa shape index (κ1) is 19.6. The SMILES string of the molecule is CC(C)c1ccc(NC(=O)C2CCN(Cc3nc4ccccc4n3C)CC2)cc1. The number of hydrogen-bond acceptors (Lipinski definition) is 3. The van der Waals surface area contributed by atoms with Gasteiger partial charge in [0.05, 0.1) is 17.6 Å². The van der Waals surface area contributed by atoms with Crippen LogP contribution in [-0.2, 0) is 18.4 Å². The van der Waals surface area contributed by atoms with Crippen molar-refractivity contribution < 1.29 is 4.79 Å². The zero-order valence-corrected chi connectivity index (χ0v) is 17.6. The average Bonchev–Trinajstić information content (AvgIpc) is 3.04. The van der Waals surface area contributed by atoms with E-state index in [4.69, 9.17) is 4.98 Å². The normalized spacial score (nSPS) is 15.9. The maximum absolute atomic E-state index is 12.7. The van der Waals surface area contributed by atoms with Gasteiger partial charge < -0.3 is 9.88 Å². The van der Waals surface area contributed by atoms with E-state index in [0.717, 1.165) is 49.5 Å². The molecule has 1 saturated heterocycles. The number of benzene rings is 2. The molecule has 0 radical (unpaired) electrons. The highest BCUT2D eigenvalue weighted by Gasteiger charge is 2.26. The van der Waals surface area contributed by atoms with Gasteiger partial charge in [0.25, 0.3) is 0 Å². The summed E-state index contributed by atoms with van der Waals surface area (Å²) in [6.45, 7) is 7.03. The summed E-state index contributed by atoms with van der Waals surface area (Å²) in [7, 11) is 2.08. The molecule has 2 heterocycles. The number of piperidine rings is 1. The summed E-state index contributed by atoms with van der Waals surface area (Å²) in [5, 5.41) is 3.10. The number of hydrogen-bond donors (Lipinski definition) is 1. The van der Waals surface area contributed by atoms with E-state index in [9.17, 15) is 4.79 Å². The number of aryl methyl sites for hydroxylation is 1. The molecule has 4 rings (SSSR count). The lowest BCUT2D eigenvalue weighted by Gasteiger charge is -2.31. The van der Waals surface area contributed by atoms with Gasteiger partial charge in [-0.2, -0.15) is 0 Å². The van der Waals surface area contributed by atoms with Crippen LogP contribution in [0.5, 0.6) is 0 Å². The Hall–Kier alpha value is -2.66. The Labute approximate surface area is 172 Å². The predicted octanol–water partition coefficient (Wildman–Crippen LogP) is 4.55. The standard InChI is InChI=1S/C24H30N4O/c1-17(2)18-8-10-20(11-9-18)25-24(29)19-12-14-28(15-13-19)16-23-26-21-6-4-5-7-22(21)27(23)3/h4-11,17,19H,12-16H2,1-3H3,(H,25,29). The second-order valence-electron chi connectivity index (χ2n) is 8.39. The van der Waals surface area contributed by atoms with E-state index in [1.807, 2.05) is 24.3 Å². The van der Waals surface area contributed by atoms with E-state index in [2.05, 4.69) is 59.9 Å². The van der Waals surface area contributed by atoms with Crippen molar-refractivity contribution in [1.29, 1.82) is 0 Å². The molecule has 152 valence electrons. The number of anilines is 1. The van der Waals surface area contributed by atoms with Gasteiger partial charge in [-0.15, -0.1) is 0 Å². The zero-order valence-electron chi connectivity index (χ0n) is 17.6. The lowest BCUT2D eigenvalue weighted by molar-refractivity contribution is -0.121. The van der Waals surface area contributed by atoms with Crippen molar-refractivity contribution in [3.05, 3.63) is 59.9 Å². The highest BCUT2D eigenvalue weighted by atomic mass is 16.1. The molecule has 5 heteroatoms. The molecule has 3 aromatic rings. The molecule has 1 amide bonds. The fraction of sp³-hybridized carbons (Fsp3) is 0.417. The van der Waals surface area contributed by atoms with E-state index < -0.39 is 0 Å². The van der Waals surface area contributed by atoms with Crippen LogP contribution in [0.2, 0.25) is 0 Å². The number of carbonyl (C=O) groups is 1. The number of fused-ring (bicyclic) bond motifs is 1. The third-order valence-corrected chi connectivity index (χ3v) is 6.05. The van der Waals surface area contributed by atoms with Crippen LogP contribution in [0.25, 0.3) is 11.0 Å². The molecule has 0 spiro atoms. The molecule has 1 fully saturated rings. The fourth-order valence-corrected chi connectivity index (χ4v) is 4.09. The predicted molar refractivity (Wildman–Crippen MR) is 118 cm³/mol. The molecule has 5 nitrogen and oxygen atoms in total. The summed E-state index contributed by atoms with van der Waals surface area (Å²) in [6.07, 6.45) is 1.78. The van der Waals surface area contributed by atoms with Crippen LogP contribution >= 0.6 is 0 Å². The molecule has 1 aromatic heterocycles. The highest BCUT2D eigenvalue weighted by molar-refractivity contribution is 5.92. The minimum absolute atomic E-state index is 0.0801. The molecule has 0 atom stereocenters. The van der Waals surface area contributed by atoms with Crippen LogP contribution in [0.3, 0.4) is 0 Å². The van der Waals surface area contributed by atoms with E-state index in [-0.39, 0.29) is 11.8 Å². The number of para-hydroxylation sites is 2. The Morgan fingerprint density at radius 3 is 2.45 bits per heavy atom. The Balaban J connectivity index is 1.31. The molecule has 1 N–H and O–H groups in total. The minimum Gasteiger partial charge on any atom is -0.330 e. The van der Waals surface area contributed by atoms with Gasteiger partial charge in [0.2, 0.25) is 5.91 Å². The van der Waals surface area contributed by atoms with E-state index in [1.54, 1.807) is 0 Å². The Morgan fingerprint density at radius 1 is 1.10 bits per heavy atom. The molecule has 0 bridgehead atoms. The van der Waals surface area contributed by atoms with Crippen molar-refractivity contribution in [2.75, 3.05) is 18.4 Å². The smallest absolute Gasteiger partial charge is 0.227 e. The third-order valence-electron chi connectivity index (χ3n) is 6.05. The molecule has 0 aliphatic carbocycles. The summed E-state index contributed by atoms with van der Waals surface area (Å²) < 4.78 is 2.18. The minimum atomic E-state index is 0.0801. The van der Waals surface area contributed by atoms with Crippen molar-refractivity contribution >= 4 is 22.6 Å². The van der Waals surface area contributed by atoms with Crippen LogP contribution in [0.4, 0.5) is 5.69 Å². The van der Waals surface area contributed by atoms with E-state index in [1.165, 1.54) is 11.1 Å². The maximum atomic E-state index is 12.7. The van der Waals surface area contributed by atoms with Crippen LogP contribution < -0.4 is 5.32 Å². The maximum Gasteiger partial charge on any atom is 0.227 e. The Kier molecular flexibility index (Phi) is 5.67. The van der Waals surface area contributed by atoms with Crippen LogP contribution in [-0.4, -0.2) is 33.4 Å². The summed E-state index contributed by atoms with van der Waals surface area (Å²) >= 11 is 0. The average molecular weight is 391 g/mol. The van der Waals surface area contributed by atoms with Crippen molar-refractivity contribution in [3.63, 3.8) is 0 Å². The number of rotatable bonds is 5. The highest BCUT2D eigenvalue weighted by Crippen LogP contribution is 2.23. The molecule has 1 aliphatic heterocycles. The van der Waals surface area contributed by atoms with Crippen LogP contribution in [0.15, 0.2) is 48.5 Å². The number of carbonyl (C=O) groups excluding carboxylic acids is 1. The van der Waals surface area contributed by atoms with Gasteiger partial charge >= 0.3 is 0 Å². The molecule has 2 aromatic carbocycles. The van der Waals surface area contributed by atoms with Crippen molar-refractivity contribution in [2.24, 2.45) is 13.0 Å². The number of likely N-dealkylation sites (tertiary alicyclic amines) is 1. The molecular formula is C24H30N4O. The zero-order chi connectivity index (χ0) is 20.4. The van der Waals surface area contributed by atoms with Gasteiger partial charge in [0, 0.05) is 18.7 Å². The monoisotopic (exact) mass is 390 g/mol. The van der Waals surface area contributed by atoms with Gasteiger partial charge in [-0.1, -0.05) is 38.1 Å². The van der Waals surface area contributed by atoms with Gasteiger partial charge in [-0.25, -0.2) is 4.98 Å². The molecular weight excluding hydrogens is 360 g/mol. The van der Waals surface area contributed by atoms with Crippen molar-refractivity contribution in [3.8, 4) is 0 Å². The third kappa shape index (κ3) is 4.35. The first-order valence-corrected chi connectivity index (χ1v) is 10.5. The van der Waals surface area contributed by atoms with Crippen LogP contribution in [0.1, 0.15) is 44.0 Å². The van der Waals surface area contributed by atoms with Crippen molar-refractivity contribution in [2.45, 2.75) is 39.2 Å². The lowest BCUT2D eigenvalue weighted by atomic mass is 9.95. The second kappa shape index (κ2) is 8.37. The summed E-state index contributed by atoms with van der Waals surface area (Å²) in [4.78, 5) is 19.9. The first-order chi connectivity index (χ1) is 14.0. The molecule has 0 unspecified atom stereocenters. The fourth-order valence-electron chi connectivity index (χ4n) is 4.09. The largest absolute Gasteiger partial charge is 0.330 e. The first-order valence-electron chi connectivity index (χ1n) is 10.5. The number of nitrogens with one attached hydrogen (secondary N) is 1. The summed E-state index contributed by atoms with van der Waals surface area (Å²) in [5.41, 5.74) is 4.39. The number of aromatic nitrogens is 2. The topological polar surface area (TPSA) is 50.2 Å². The number of amides is 1. The van der Waals surface area contributed by atoms with Gasteiger partial charge in [0.15, 0.2) is 0 Å². The van der Waals surface area contributed by atoms with Gasteiger partial charge in [-0.3, -0.25) is 9.69 Å². The molecule has 29 heavy (non-hydrogen) atoms. The van der Waals surface area contributed by atoms with Gasteiger partial charge in [-0.05, 0) is 61.7 Å². The quantitative estimate of drug-likeness (QED) is 0.695. The summed E-state index contributed by atoms with van der Waals surface area (Å²) in [5.74, 6) is 1.81. The number of imidazole rings is 1. The van der Waals surface area contributed by atoms with Crippen LogP contribution in [0, 0.1) is 5.92 Å². The molecule has 0 saturated carbocycles. The van der Waals surface area contributed by atoms with Gasteiger partial charge in [0.1, 0.15) is 5.82 Å². The van der Waals surface area contributed by atoms with E-state index in [0.29, 0.717) is 5.92 Å². The lowest BCUT2D eigenvalue weighted by Crippen LogP contribution is -2.38. The second-order valence-corrected chi connectivity index (χ2v) is 8.39. The van der Waals surface area contributed by atoms with Crippen molar-refractivity contribution in [1.82, 2.24) is 14.5 Å². The summed E-state index contributed by atoms with van der Waals surface area (Å²) in [6, 6.07) is 16.5.